The summed E-state index contributed by atoms with van der Waals surface area (Å²) in [5.41, 5.74) is 0.0786. The summed E-state index contributed by atoms with van der Waals surface area (Å²) in [5.74, 6) is 0. The lowest BCUT2D eigenvalue weighted by molar-refractivity contribution is -0.206. The van der Waals surface area contributed by atoms with Gasteiger partial charge in [-0.1, -0.05) is 29.7 Å². The van der Waals surface area contributed by atoms with Crippen molar-refractivity contribution in [3.8, 4) is 0 Å². The number of halogens is 3. The molecule has 2 N–H and O–H groups in total. The Labute approximate surface area is 79.3 Å². The van der Waals surface area contributed by atoms with Crippen molar-refractivity contribution in [1.82, 2.24) is 0 Å². The highest BCUT2D eigenvalue weighted by atomic mass is 19.4. The van der Waals surface area contributed by atoms with Gasteiger partial charge in [0.15, 0.2) is 6.10 Å². The van der Waals surface area contributed by atoms with Crippen molar-refractivity contribution in [2.45, 2.75) is 12.3 Å². The molecule has 0 aliphatic rings. The fourth-order valence-corrected chi connectivity index (χ4v) is 1.05. The van der Waals surface area contributed by atoms with Gasteiger partial charge in [0, 0.05) is 0 Å². The summed E-state index contributed by atoms with van der Waals surface area (Å²) in [5, 5.41) is 17.6. The smallest absolute Gasteiger partial charge is 0.418 e. The molecule has 0 spiro atoms. The molecule has 1 aromatic rings. The summed E-state index contributed by atoms with van der Waals surface area (Å²) < 4.78 is 36.2. The lowest BCUT2D eigenvalue weighted by Crippen LogP contribution is -2.22. The second-order valence-electron chi connectivity index (χ2n) is 2.85. The second kappa shape index (κ2) is 4.02. The molecule has 14 heavy (non-hydrogen) atoms. The third-order valence-corrected chi connectivity index (χ3v) is 1.76. The maximum absolute atomic E-state index is 12.1. The number of alkyl halides is 3. The molecule has 0 fully saturated rings. The predicted octanol–water partition coefficient (Wildman–Crippen LogP) is 0.251. The number of hydrogen-bond acceptors (Lipinski definition) is 2. The molecular weight excluding hydrogens is 196 g/mol. The molecule has 1 atom stereocenters. The van der Waals surface area contributed by atoms with Crippen LogP contribution in [0.1, 0.15) is 11.7 Å². The predicted molar refractivity (Wildman–Crippen MR) is 46.5 cm³/mol. The fourth-order valence-electron chi connectivity index (χ4n) is 1.05. The van der Waals surface area contributed by atoms with Crippen molar-refractivity contribution in [3.63, 3.8) is 0 Å². The summed E-state index contributed by atoms with van der Waals surface area (Å²) >= 11 is 0. The Balaban J connectivity index is 2.95. The molecule has 0 saturated heterocycles. The van der Waals surface area contributed by atoms with Crippen LogP contribution in [-0.4, -0.2) is 23.8 Å². The van der Waals surface area contributed by atoms with Crippen LogP contribution in [0.5, 0.6) is 0 Å². The van der Waals surface area contributed by atoms with Crippen LogP contribution in [0.3, 0.4) is 0 Å². The summed E-state index contributed by atoms with van der Waals surface area (Å²) in [7, 11) is -0.349. The molecule has 76 valence electrons. The maximum Gasteiger partial charge on any atom is 0.418 e. The zero-order valence-electron chi connectivity index (χ0n) is 7.12. The van der Waals surface area contributed by atoms with Crippen molar-refractivity contribution in [1.29, 1.82) is 0 Å². The van der Waals surface area contributed by atoms with E-state index in [2.05, 4.69) is 0 Å². The average molecular weight is 204 g/mol. The molecule has 0 amide bonds. The Morgan fingerprint density at radius 3 is 2.43 bits per heavy atom. The Morgan fingerprint density at radius 1 is 1.29 bits per heavy atom. The van der Waals surface area contributed by atoms with Crippen LogP contribution >= 0.6 is 0 Å². The van der Waals surface area contributed by atoms with E-state index in [4.69, 9.17) is 10.1 Å². The van der Waals surface area contributed by atoms with E-state index < -0.39 is 12.3 Å². The summed E-state index contributed by atoms with van der Waals surface area (Å²) in [6.07, 6.45) is -7.16. The molecule has 6 heteroatoms. The molecular formula is C8H8BF3O2. The second-order valence-corrected chi connectivity index (χ2v) is 2.85. The topological polar surface area (TPSA) is 40.5 Å². The molecule has 0 aliphatic carbocycles. The van der Waals surface area contributed by atoms with Gasteiger partial charge in [-0.05, 0) is 5.56 Å². The molecule has 0 bridgehead atoms. The van der Waals surface area contributed by atoms with Gasteiger partial charge in [-0.15, -0.1) is 0 Å². The maximum atomic E-state index is 12.1. The molecule has 1 aromatic carbocycles. The van der Waals surface area contributed by atoms with Crippen molar-refractivity contribution < 1.29 is 23.3 Å². The van der Waals surface area contributed by atoms with Crippen molar-refractivity contribution >= 4 is 12.9 Å². The highest BCUT2D eigenvalue weighted by Crippen LogP contribution is 2.31. The van der Waals surface area contributed by atoms with Crippen molar-refractivity contribution in [2.75, 3.05) is 0 Å². The summed E-state index contributed by atoms with van der Waals surface area (Å²) in [4.78, 5) is 0. The molecule has 2 nitrogen and oxygen atoms in total. The van der Waals surface area contributed by atoms with Gasteiger partial charge < -0.3 is 10.1 Å². The molecule has 0 radical (unpaired) electrons. The number of aliphatic hydroxyl groups excluding tert-OH is 1. The minimum absolute atomic E-state index is 0.260. The number of aliphatic hydroxyl groups is 1. The first-order valence-electron chi connectivity index (χ1n) is 3.89. The van der Waals surface area contributed by atoms with Crippen molar-refractivity contribution in [3.05, 3.63) is 29.8 Å². The monoisotopic (exact) mass is 204 g/mol. The van der Waals surface area contributed by atoms with Gasteiger partial charge in [-0.25, -0.2) is 0 Å². The van der Waals surface area contributed by atoms with E-state index in [9.17, 15) is 13.2 Å². The van der Waals surface area contributed by atoms with E-state index in [1.807, 2.05) is 0 Å². The summed E-state index contributed by atoms with van der Waals surface area (Å²) in [6.45, 7) is 0. The van der Waals surface area contributed by atoms with Crippen LogP contribution in [0.25, 0.3) is 0 Å². The first-order valence-corrected chi connectivity index (χ1v) is 3.89. The minimum Gasteiger partial charge on any atom is -0.449 e. The van der Waals surface area contributed by atoms with Crippen LogP contribution in [-0.2, 0) is 0 Å². The van der Waals surface area contributed by atoms with E-state index in [0.717, 1.165) is 12.1 Å². The van der Waals surface area contributed by atoms with Gasteiger partial charge in [0.25, 0.3) is 0 Å². The standard InChI is InChI=1S/C8H8BF3O2/c10-8(11,12)7(13)5-2-1-3-6(4-5)9-14/h1-4,7,9,13-14H. The Kier molecular flexibility index (Phi) is 3.18. The van der Waals surface area contributed by atoms with Crippen LogP contribution in [0.4, 0.5) is 13.2 Å². The Hall–Kier alpha value is -1.01. The summed E-state index contributed by atoms with van der Waals surface area (Å²) in [6, 6.07) is 5.12. The van der Waals surface area contributed by atoms with Crippen LogP contribution < -0.4 is 5.46 Å². The normalized spacial score (nSPS) is 13.8. The minimum atomic E-state index is -4.67. The molecule has 1 unspecified atom stereocenters. The quantitative estimate of drug-likeness (QED) is 0.678. The molecule has 0 aliphatic heterocycles. The highest BCUT2D eigenvalue weighted by Gasteiger charge is 2.39. The lowest BCUT2D eigenvalue weighted by atomic mass is 9.87. The zero-order chi connectivity index (χ0) is 10.8. The zero-order valence-corrected chi connectivity index (χ0v) is 7.12. The van der Waals surface area contributed by atoms with Gasteiger partial charge in [-0.2, -0.15) is 13.2 Å². The third kappa shape index (κ3) is 2.49. The largest absolute Gasteiger partial charge is 0.449 e. The van der Waals surface area contributed by atoms with Gasteiger partial charge in [-0.3, -0.25) is 0 Å². The van der Waals surface area contributed by atoms with Crippen LogP contribution in [0.15, 0.2) is 24.3 Å². The van der Waals surface area contributed by atoms with Gasteiger partial charge in [0.05, 0.1) is 0 Å². The molecule has 0 heterocycles. The van der Waals surface area contributed by atoms with E-state index in [1.165, 1.54) is 12.1 Å². The van der Waals surface area contributed by atoms with Crippen LogP contribution in [0, 0.1) is 0 Å². The lowest BCUT2D eigenvalue weighted by Gasteiger charge is -2.15. The molecule has 0 aromatic heterocycles. The van der Waals surface area contributed by atoms with E-state index in [-0.39, 0.29) is 13.0 Å². The first kappa shape index (κ1) is 11.1. The SMILES string of the molecule is OBc1cccc(C(O)C(F)(F)F)c1. The van der Waals surface area contributed by atoms with Crippen LogP contribution in [0.2, 0.25) is 0 Å². The van der Waals surface area contributed by atoms with E-state index in [1.54, 1.807) is 0 Å². The van der Waals surface area contributed by atoms with Gasteiger partial charge in [0.2, 0.25) is 0 Å². The highest BCUT2D eigenvalue weighted by molar-refractivity contribution is 6.45. The Morgan fingerprint density at radius 2 is 1.93 bits per heavy atom. The van der Waals surface area contributed by atoms with Gasteiger partial charge in [0.1, 0.15) is 0 Å². The number of hydrogen-bond donors (Lipinski definition) is 2. The van der Waals surface area contributed by atoms with E-state index in [0.29, 0.717) is 5.46 Å². The third-order valence-electron chi connectivity index (χ3n) is 1.76. The van der Waals surface area contributed by atoms with E-state index >= 15 is 0 Å². The Bertz CT molecular complexity index is 314. The molecule has 0 saturated carbocycles. The number of benzene rings is 1. The first-order chi connectivity index (χ1) is 6.45. The molecule has 1 rings (SSSR count). The fraction of sp³-hybridized carbons (Fsp3) is 0.250. The average Bonchev–Trinajstić information content (AvgIpc) is 2.15. The van der Waals surface area contributed by atoms with Gasteiger partial charge >= 0.3 is 13.7 Å². The number of rotatable bonds is 2. The van der Waals surface area contributed by atoms with Crippen molar-refractivity contribution in [2.24, 2.45) is 0 Å².